The van der Waals surface area contributed by atoms with Gasteiger partial charge in [-0.2, -0.15) is 0 Å². The Labute approximate surface area is 127 Å². The van der Waals surface area contributed by atoms with Gasteiger partial charge in [0.25, 0.3) is 5.92 Å². The van der Waals surface area contributed by atoms with E-state index in [-0.39, 0.29) is 23.4 Å². The standard InChI is InChI=1S/C17H16F2N2O/c1-11(22)7-14-10-21-9-13(12-5-3-4-6-12)8-15(16(21)20-14)17(2,18)19/h3,5-6,8-10H,4,7H2,1-2H3. The highest BCUT2D eigenvalue weighted by atomic mass is 19.3. The Kier molecular flexibility index (Phi) is 3.43. The summed E-state index contributed by atoms with van der Waals surface area (Å²) in [7, 11) is 0. The molecule has 5 heteroatoms. The number of nitrogens with zero attached hydrogens (tertiary/aromatic N) is 2. The highest BCUT2D eigenvalue weighted by Gasteiger charge is 2.29. The molecule has 2 heterocycles. The van der Waals surface area contributed by atoms with Crippen LogP contribution < -0.4 is 0 Å². The normalized spacial score (nSPS) is 14.6. The Morgan fingerprint density at radius 1 is 1.41 bits per heavy atom. The smallest absolute Gasteiger partial charge is 0.274 e. The monoisotopic (exact) mass is 302 g/mol. The minimum Gasteiger partial charge on any atom is -0.306 e. The van der Waals surface area contributed by atoms with E-state index in [0.717, 1.165) is 24.5 Å². The molecular weight excluding hydrogens is 286 g/mol. The molecule has 0 atom stereocenters. The average Bonchev–Trinajstić information content (AvgIpc) is 3.03. The second-order valence-corrected chi connectivity index (χ2v) is 5.67. The van der Waals surface area contributed by atoms with Crippen molar-refractivity contribution in [1.82, 2.24) is 9.38 Å². The van der Waals surface area contributed by atoms with E-state index in [0.29, 0.717) is 5.69 Å². The highest BCUT2D eigenvalue weighted by Crippen LogP contribution is 2.33. The van der Waals surface area contributed by atoms with Gasteiger partial charge < -0.3 is 4.40 Å². The molecule has 0 unspecified atom stereocenters. The number of alkyl halides is 2. The number of carbonyl (C=O) groups is 1. The largest absolute Gasteiger partial charge is 0.306 e. The molecule has 0 radical (unpaired) electrons. The first-order valence-corrected chi connectivity index (χ1v) is 7.11. The van der Waals surface area contributed by atoms with Gasteiger partial charge >= 0.3 is 0 Å². The van der Waals surface area contributed by atoms with Crippen molar-refractivity contribution in [1.29, 1.82) is 0 Å². The first kappa shape index (κ1) is 14.6. The Hall–Kier alpha value is -2.30. The molecule has 0 aliphatic heterocycles. The van der Waals surface area contributed by atoms with Gasteiger partial charge in [-0.15, -0.1) is 0 Å². The van der Waals surface area contributed by atoms with E-state index in [9.17, 15) is 13.6 Å². The number of allylic oxidation sites excluding steroid dienone is 4. The topological polar surface area (TPSA) is 34.4 Å². The van der Waals surface area contributed by atoms with Gasteiger partial charge in [-0.3, -0.25) is 4.79 Å². The molecule has 0 bridgehead atoms. The van der Waals surface area contributed by atoms with Gasteiger partial charge in [0.2, 0.25) is 0 Å². The van der Waals surface area contributed by atoms with Crippen LogP contribution in [0.3, 0.4) is 0 Å². The third-order valence-corrected chi connectivity index (χ3v) is 3.61. The first-order chi connectivity index (χ1) is 10.3. The lowest BCUT2D eigenvalue weighted by Crippen LogP contribution is -2.10. The van der Waals surface area contributed by atoms with Gasteiger partial charge in [0.05, 0.1) is 11.3 Å². The number of fused-ring (bicyclic) bond motifs is 1. The number of imidazole rings is 1. The fraction of sp³-hybridized carbons (Fsp3) is 0.294. The van der Waals surface area contributed by atoms with Crippen molar-refractivity contribution in [2.45, 2.75) is 32.6 Å². The number of ketones is 1. The van der Waals surface area contributed by atoms with Crippen molar-refractivity contribution in [2.24, 2.45) is 0 Å². The molecule has 1 aliphatic rings. The van der Waals surface area contributed by atoms with Gasteiger partial charge in [0.15, 0.2) is 0 Å². The number of Topliss-reactive ketones (excluding diaryl/α,β-unsaturated/α-hetero) is 1. The first-order valence-electron chi connectivity index (χ1n) is 7.11. The van der Waals surface area contributed by atoms with Crippen LogP contribution in [0.25, 0.3) is 11.2 Å². The van der Waals surface area contributed by atoms with E-state index >= 15 is 0 Å². The van der Waals surface area contributed by atoms with E-state index in [1.807, 2.05) is 18.2 Å². The summed E-state index contributed by atoms with van der Waals surface area (Å²) in [6.07, 6.45) is 10.3. The summed E-state index contributed by atoms with van der Waals surface area (Å²) in [4.78, 5) is 15.4. The summed E-state index contributed by atoms with van der Waals surface area (Å²) in [5.74, 6) is -3.05. The van der Waals surface area contributed by atoms with E-state index in [1.165, 1.54) is 13.0 Å². The van der Waals surface area contributed by atoms with Crippen LogP contribution in [-0.2, 0) is 17.1 Å². The Morgan fingerprint density at radius 3 is 2.77 bits per heavy atom. The van der Waals surface area contributed by atoms with E-state index < -0.39 is 5.92 Å². The maximum absolute atomic E-state index is 14.0. The summed E-state index contributed by atoms with van der Waals surface area (Å²) >= 11 is 0. The minimum atomic E-state index is -3.00. The zero-order valence-corrected chi connectivity index (χ0v) is 12.4. The molecule has 0 amide bonds. The molecule has 114 valence electrons. The van der Waals surface area contributed by atoms with Crippen LogP contribution in [0.15, 0.2) is 36.7 Å². The number of pyridine rings is 1. The van der Waals surface area contributed by atoms with Crippen molar-refractivity contribution < 1.29 is 13.6 Å². The molecule has 3 nitrogen and oxygen atoms in total. The Bertz CT molecular complexity index is 810. The van der Waals surface area contributed by atoms with Crippen molar-refractivity contribution in [3.8, 4) is 0 Å². The lowest BCUT2D eigenvalue weighted by atomic mass is 10.0. The summed E-state index contributed by atoms with van der Waals surface area (Å²) in [6.45, 7) is 2.32. The lowest BCUT2D eigenvalue weighted by Gasteiger charge is -2.14. The maximum Gasteiger partial charge on any atom is 0.274 e. The van der Waals surface area contributed by atoms with Crippen LogP contribution in [0.5, 0.6) is 0 Å². The van der Waals surface area contributed by atoms with Crippen molar-refractivity contribution >= 4 is 17.0 Å². The van der Waals surface area contributed by atoms with Crippen LogP contribution in [0.4, 0.5) is 8.78 Å². The summed E-state index contributed by atoms with van der Waals surface area (Å²) in [5.41, 5.74) is 2.24. The predicted octanol–water partition coefficient (Wildman–Crippen LogP) is 3.92. The number of carbonyl (C=O) groups excluding carboxylic acids is 1. The lowest BCUT2D eigenvalue weighted by molar-refractivity contribution is -0.116. The number of aromatic nitrogens is 2. The molecule has 2 aromatic heterocycles. The fourth-order valence-electron chi connectivity index (χ4n) is 2.64. The molecule has 0 saturated carbocycles. The number of hydrogen-bond acceptors (Lipinski definition) is 2. The quantitative estimate of drug-likeness (QED) is 0.858. The maximum atomic E-state index is 14.0. The van der Waals surface area contributed by atoms with Gasteiger partial charge in [-0.25, -0.2) is 13.8 Å². The van der Waals surface area contributed by atoms with Crippen molar-refractivity contribution in [3.63, 3.8) is 0 Å². The van der Waals surface area contributed by atoms with E-state index in [2.05, 4.69) is 4.98 Å². The highest BCUT2D eigenvalue weighted by molar-refractivity contribution is 5.79. The molecule has 3 rings (SSSR count). The molecule has 0 fully saturated rings. The predicted molar refractivity (Wildman–Crippen MR) is 80.9 cm³/mol. The second kappa shape index (κ2) is 5.16. The van der Waals surface area contributed by atoms with Gasteiger partial charge in [-0.05, 0) is 30.5 Å². The molecule has 2 aromatic rings. The van der Waals surface area contributed by atoms with E-state index in [4.69, 9.17) is 0 Å². The van der Waals surface area contributed by atoms with Crippen molar-refractivity contribution in [2.75, 3.05) is 0 Å². The molecule has 22 heavy (non-hydrogen) atoms. The molecule has 0 saturated heterocycles. The molecule has 0 spiro atoms. The third kappa shape index (κ3) is 2.71. The summed E-state index contributed by atoms with van der Waals surface area (Å²) in [6, 6.07) is 1.49. The van der Waals surface area contributed by atoms with Crippen molar-refractivity contribution in [3.05, 3.63) is 53.5 Å². The van der Waals surface area contributed by atoms with Crippen LogP contribution in [-0.4, -0.2) is 15.2 Å². The Balaban J connectivity index is 2.20. The SMILES string of the molecule is CC(=O)Cc1cn2cc(C3=CCC=C3)cc(C(C)(F)F)c2n1. The number of halogens is 2. The minimum absolute atomic E-state index is 0.0464. The zero-order valence-electron chi connectivity index (χ0n) is 12.4. The van der Waals surface area contributed by atoms with Gasteiger partial charge in [-0.1, -0.05) is 18.2 Å². The zero-order chi connectivity index (χ0) is 15.9. The Morgan fingerprint density at radius 2 is 2.18 bits per heavy atom. The third-order valence-electron chi connectivity index (χ3n) is 3.61. The van der Waals surface area contributed by atoms with Gasteiger partial charge in [0.1, 0.15) is 11.4 Å². The number of hydrogen-bond donors (Lipinski definition) is 0. The van der Waals surface area contributed by atoms with E-state index in [1.54, 1.807) is 16.8 Å². The van der Waals surface area contributed by atoms with Crippen LogP contribution >= 0.6 is 0 Å². The van der Waals surface area contributed by atoms with Gasteiger partial charge in [0, 0.05) is 25.7 Å². The molecule has 0 N–H and O–H groups in total. The molecule has 0 aromatic carbocycles. The molecular formula is C17H16F2N2O. The summed E-state index contributed by atoms with van der Waals surface area (Å²) in [5, 5.41) is 0. The summed E-state index contributed by atoms with van der Waals surface area (Å²) < 4.78 is 29.5. The fourth-order valence-corrected chi connectivity index (χ4v) is 2.64. The van der Waals surface area contributed by atoms with Crippen LogP contribution in [0, 0.1) is 0 Å². The van der Waals surface area contributed by atoms with Crippen LogP contribution in [0.1, 0.15) is 37.1 Å². The average molecular weight is 302 g/mol. The van der Waals surface area contributed by atoms with Crippen LogP contribution in [0.2, 0.25) is 0 Å². The second-order valence-electron chi connectivity index (χ2n) is 5.67. The number of rotatable bonds is 4. The molecule has 1 aliphatic carbocycles.